The second-order valence-corrected chi connectivity index (χ2v) is 6.54. The SMILES string of the molecule is CCC(C(=O)N1CCN(C(=O)c2cccs2)CC1)N(C)CC. The molecule has 0 aliphatic carbocycles. The first-order chi connectivity index (χ1) is 10.6. The highest BCUT2D eigenvalue weighted by Gasteiger charge is 2.30. The fraction of sp³-hybridized carbons (Fsp3) is 0.625. The number of hydrogen-bond donors (Lipinski definition) is 0. The molecule has 0 radical (unpaired) electrons. The lowest BCUT2D eigenvalue weighted by atomic mass is 10.1. The first-order valence-corrected chi connectivity index (χ1v) is 8.78. The fourth-order valence-corrected chi connectivity index (χ4v) is 3.48. The Morgan fingerprint density at radius 2 is 1.86 bits per heavy atom. The molecule has 1 atom stereocenters. The van der Waals surface area contributed by atoms with Crippen molar-refractivity contribution in [2.75, 3.05) is 39.8 Å². The van der Waals surface area contributed by atoms with Crippen LogP contribution in [0.15, 0.2) is 17.5 Å². The van der Waals surface area contributed by atoms with Crippen LogP contribution in [0.25, 0.3) is 0 Å². The fourth-order valence-electron chi connectivity index (χ4n) is 2.79. The summed E-state index contributed by atoms with van der Waals surface area (Å²) in [4.78, 5) is 31.5. The molecule has 0 saturated carbocycles. The summed E-state index contributed by atoms with van der Waals surface area (Å²) in [6.45, 7) is 7.47. The van der Waals surface area contributed by atoms with Gasteiger partial charge in [0, 0.05) is 26.2 Å². The van der Waals surface area contributed by atoms with E-state index in [1.807, 2.05) is 41.3 Å². The minimum Gasteiger partial charge on any atom is -0.338 e. The van der Waals surface area contributed by atoms with Crippen molar-refractivity contribution < 1.29 is 9.59 Å². The highest BCUT2D eigenvalue weighted by molar-refractivity contribution is 7.12. The van der Waals surface area contributed by atoms with Crippen LogP contribution in [0.2, 0.25) is 0 Å². The third-order valence-electron chi connectivity index (χ3n) is 4.31. The monoisotopic (exact) mass is 323 g/mol. The Kier molecular flexibility index (Phi) is 5.97. The van der Waals surface area contributed by atoms with Crippen LogP contribution >= 0.6 is 11.3 Å². The zero-order chi connectivity index (χ0) is 16.1. The summed E-state index contributed by atoms with van der Waals surface area (Å²) in [5.74, 6) is 0.273. The van der Waals surface area contributed by atoms with Crippen LogP contribution in [0.4, 0.5) is 0 Å². The molecule has 1 aromatic rings. The Labute approximate surface area is 136 Å². The topological polar surface area (TPSA) is 43.9 Å². The average Bonchev–Trinajstić information content (AvgIpc) is 3.09. The number of thiophene rings is 1. The second-order valence-electron chi connectivity index (χ2n) is 5.59. The summed E-state index contributed by atoms with van der Waals surface area (Å²) in [6, 6.07) is 3.70. The molecule has 6 heteroatoms. The molecule has 1 unspecified atom stereocenters. The quantitative estimate of drug-likeness (QED) is 0.829. The van der Waals surface area contributed by atoms with E-state index in [2.05, 4.69) is 11.8 Å². The van der Waals surface area contributed by atoms with E-state index in [4.69, 9.17) is 0 Å². The van der Waals surface area contributed by atoms with Gasteiger partial charge in [0.05, 0.1) is 10.9 Å². The molecule has 1 aromatic heterocycles. The van der Waals surface area contributed by atoms with Gasteiger partial charge < -0.3 is 9.80 Å². The van der Waals surface area contributed by atoms with Gasteiger partial charge in [-0.25, -0.2) is 0 Å². The number of rotatable bonds is 5. The average molecular weight is 323 g/mol. The number of piperazine rings is 1. The predicted molar refractivity (Wildman–Crippen MR) is 89.2 cm³/mol. The zero-order valence-corrected chi connectivity index (χ0v) is 14.4. The van der Waals surface area contributed by atoms with Crippen molar-refractivity contribution in [1.29, 1.82) is 0 Å². The molecule has 1 aliphatic heterocycles. The number of amides is 2. The standard InChI is InChI=1S/C16H25N3O2S/c1-4-13(17(3)5-2)15(20)18-8-10-19(11-9-18)16(21)14-7-6-12-22-14/h6-7,12-13H,4-5,8-11H2,1-3H3. The predicted octanol–water partition coefficient (Wildman–Crippen LogP) is 1.76. The maximum Gasteiger partial charge on any atom is 0.264 e. The second kappa shape index (κ2) is 7.74. The van der Waals surface area contributed by atoms with Gasteiger partial charge in [-0.1, -0.05) is 19.9 Å². The highest BCUT2D eigenvalue weighted by Crippen LogP contribution is 2.15. The van der Waals surface area contributed by atoms with Crippen LogP contribution in [0, 0.1) is 0 Å². The van der Waals surface area contributed by atoms with Crippen LogP contribution in [0.1, 0.15) is 29.9 Å². The van der Waals surface area contributed by atoms with Crippen molar-refractivity contribution in [2.45, 2.75) is 26.3 Å². The number of carbonyl (C=O) groups is 2. The van der Waals surface area contributed by atoms with E-state index in [1.54, 1.807) is 0 Å². The first-order valence-electron chi connectivity index (χ1n) is 7.90. The van der Waals surface area contributed by atoms with E-state index >= 15 is 0 Å². The lowest BCUT2D eigenvalue weighted by molar-refractivity contribution is -0.138. The third kappa shape index (κ3) is 3.67. The minimum atomic E-state index is -0.0513. The number of hydrogen-bond acceptors (Lipinski definition) is 4. The van der Waals surface area contributed by atoms with Crippen molar-refractivity contribution >= 4 is 23.2 Å². The Hall–Kier alpha value is -1.40. The van der Waals surface area contributed by atoms with Gasteiger partial charge in [-0.05, 0) is 31.5 Å². The summed E-state index contributed by atoms with van der Waals surface area (Å²) < 4.78 is 0. The molecule has 5 nitrogen and oxygen atoms in total. The highest BCUT2D eigenvalue weighted by atomic mass is 32.1. The molecule has 2 amide bonds. The summed E-state index contributed by atoms with van der Waals surface area (Å²) in [7, 11) is 1.99. The molecule has 0 N–H and O–H groups in total. The van der Waals surface area contributed by atoms with Crippen molar-refractivity contribution in [1.82, 2.24) is 14.7 Å². The molecule has 1 saturated heterocycles. The van der Waals surface area contributed by atoms with Crippen molar-refractivity contribution in [3.63, 3.8) is 0 Å². The maximum atomic E-state index is 12.6. The van der Waals surface area contributed by atoms with Crippen LogP contribution in [-0.4, -0.2) is 72.3 Å². The molecular weight excluding hydrogens is 298 g/mol. The van der Waals surface area contributed by atoms with Gasteiger partial charge in [-0.2, -0.15) is 0 Å². The van der Waals surface area contributed by atoms with Gasteiger partial charge in [0.1, 0.15) is 0 Å². The first kappa shape index (κ1) is 17.0. The van der Waals surface area contributed by atoms with Gasteiger partial charge in [-0.15, -0.1) is 11.3 Å². The third-order valence-corrected chi connectivity index (χ3v) is 5.17. The van der Waals surface area contributed by atoms with Crippen molar-refractivity contribution in [2.24, 2.45) is 0 Å². The normalized spacial score (nSPS) is 16.9. The number of nitrogens with zero attached hydrogens (tertiary/aromatic N) is 3. The molecule has 1 fully saturated rings. The number of carbonyl (C=O) groups excluding carboxylic acids is 2. The van der Waals surface area contributed by atoms with Gasteiger partial charge in [0.2, 0.25) is 5.91 Å². The molecular formula is C16H25N3O2S. The summed E-state index contributed by atoms with van der Waals surface area (Å²) in [5, 5.41) is 1.92. The van der Waals surface area contributed by atoms with Crippen LogP contribution < -0.4 is 0 Å². The lowest BCUT2D eigenvalue weighted by Gasteiger charge is -2.37. The van der Waals surface area contributed by atoms with Crippen molar-refractivity contribution in [3.05, 3.63) is 22.4 Å². The molecule has 1 aliphatic rings. The Morgan fingerprint density at radius 3 is 2.36 bits per heavy atom. The van der Waals surface area contributed by atoms with Crippen LogP contribution in [-0.2, 0) is 4.79 Å². The Balaban J connectivity index is 1.91. The van der Waals surface area contributed by atoms with Crippen LogP contribution in [0.5, 0.6) is 0 Å². The molecule has 0 bridgehead atoms. The molecule has 2 heterocycles. The van der Waals surface area contributed by atoms with Gasteiger partial charge >= 0.3 is 0 Å². The molecule has 0 spiro atoms. The van der Waals surface area contributed by atoms with Gasteiger partial charge in [-0.3, -0.25) is 14.5 Å². The van der Waals surface area contributed by atoms with E-state index in [0.29, 0.717) is 26.2 Å². The Morgan fingerprint density at radius 1 is 1.23 bits per heavy atom. The van der Waals surface area contributed by atoms with Crippen molar-refractivity contribution in [3.8, 4) is 0 Å². The molecule has 2 rings (SSSR count). The van der Waals surface area contributed by atoms with E-state index in [9.17, 15) is 9.59 Å². The van der Waals surface area contributed by atoms with E-state index in [1.165, 1.54) is 11.3 Å². The Bertz CT molecular complexity index is 495. The molecule has 122 valence electrons. The van der Waals surface area contributed by atoms with E-state index < -0.39 is 0 Å². The zero-order valence-electron chi connectivity index (χ0n) is 13.6. The number of likely N-dealkylation sites (N-methyl/N-ethyl adjacent to an activating group) is 1. The summed E-state index contributed by atoms with van der Waals surface area (Å²) in [6.07, 6.45) is 0.817. The smallest absolute Gasteiger partial charge is 0.264 e. The van der Waals surface area contributed by atoms with Gasteiger partial charge in [0.25, 0.3) is 5.91 Å². The van der Waals surface area contributed by atoms with Crippen LogP contribution in [0.3, 0.4) is 0 Å². The summed E-state index contributed by atoms with van der Waals surface area (Å²) >= 11 is 1.47. The van der Waals surface area contributed by atoms with Gasteiger partial charge in [0.15, 0.2) is 0 Å². The summed E-state index contributed by atoms with van der Waals surface area (Å²) in [5.41, 5.74) is 0. The largest absolute Gasteiger partial charge is 0.338 e. The van der Waals surface area contributed by atoms with E-state index in [-0.39, 0.29) is 17.9 Å². The molecule has 0 aromatic carbocycles. The maximum absolute atomic E-state index is 12.6. The molecule has 22 heavy (non-hydrogen) atoms. The lowest BCUT2D eigenvalue weighted by Crippen LogP contribution is -2.55. The van der Waals surface area contributed by atoms with E-state index in [0.717, 1.165) is 17.8 Å². The minimum absolute atomic E-state index is 0.0513.